The lowest BCUT2D eigenvalue weighted by atomic mass is 10.00. The van der Waals surface area contributed by atoms with Crippen molar-refractivity contribution in [1.82, 2.24) is 4.98 Å². The monoisotopic (exact) mass is 264 g/mol. The number of aromatic nitrogens is 1. The predicted molar refractivity (Wildman–Crippen MR) is 55.6 cm³/mol. The average Bonchev–Trinajstić information content (AvgIpc) is 2.03. The van der Waals surface area contributed by atoms with Gasteiger partial charge in [0.1, 0.15) is 0 Å². The first kappa shape index (κ1) is 10.9. The molecule has 72 valence electrons. The summed E-state index contributed by atoms with van der Waals surface area (Å²) in [5.74, 6) is 0. The van der Waals surface area contributed by atoms with E-state index in [1.54, 1.807) is 19.2 Å². The second-order valence-corrected chi connectivity index (χ2v) is 4.38. The zero-order valence-corrected chi connectivity index (χ0v) is 9.43. The quantitative estimate of drug-likeness (QED) is 0.855. The number of aliphatic hydroxyl groups is 1. The average molecular weight is 266 g/mol. The Morgan fingerprint density at radius 1 is 1.77 bits per heavy atom. The number of pyridine rings is 1. The van der Waals surface area contributed by atoms with Gasteiger partial charge in [-0.05, 0) is 28.9 Å². The summed E-state index contributed by atoms with van der Waals surface area (Å²) in [4.78, 5) is 4.06. The number of hydrogen-bond donors (Lipinski definition) is 2. The Labute approximate surface area is 90.1 Å². The van der Waals surface area contributed by atoms with Crippen molar-refractivity contribution in [2.24, 2.45) is 5.73 Å². The largest absolute Gasteiger partial charge is 0.394 e. The fourth-order valence-electron chi connectivity index (χ4n) is 0.910. The van der Waals surface area contributed by atoms with Crippen LogP contribution in [-0.2, 0) is 5.54 Å². The summed E-state index contributed by atoms with van der Waals surface area (Å²) >= 11 is 9.14. The molecule has 13 heavy (non-hydrogen) atoms. The molecule has 0 aliphatic heterocycles. The predicted octanol–water partition coefficient (Wildman–Crippen LogP) is 1.66. The standard InChI is InChI=1S/C8H10BrClN2O/c1-8(11,4-13)7-6(10)2-5(9)3-12-7/h2-3,13H,4,11H2,1H3/t8-/m0/s1. The zero-order valence-electron chi connectivity index (χ0n) is 7.09. The van der Waals surface area contributed by atoms with Gasteiger partial charge in [0, 0.05) is 10.7 Å². The van der Waals surface area contributed by atoms with Crippen LogP contribution in [0.4, 0.5) is 0 Å². The molecule has 0 bridgehead atoms. The van der Waals surface area contributed by atoms with Crippen molar-refractivity contribution in [2.75, 3.05) is 6.61 Å². The van der Waals surface area contributed by atoms with Gasteiger partial charge in [0.25, 0.3) is 0 Å². The lowest BCUT2D eigenvalue weighted by molar-refractivity contribution is 0.207. The van der Waals surface area contributed by atoms with E-state index in [4.69, 9.17) is 22.4 Å². The molecule has 0 saturated carbocycles. The van der Waals surface area contributed by atoms with E-state index in [0.717, 1.165) is 4.47 Å². The van der Waals surface area contributed by atoms with Crippen LogP contribution in [0.1, 0.15) is 12.6 Å². The second-order valence-electron chi connectivity index (χ2n) is 3.06. The van der Waals surface area contributed by atoms with Gasteiger partial charge in [-0.15, -0.1) is 0 Å². The molecule has 1 heterocycles. The number of nitrogens with zero attached hydrogens (tertiary/aromatic N) is 1. The molecule has 0 saturated heterocycles. The lowest BCUT2D eigenvalue weighted by Gasteiger charge is -2.21. The van der Waals surface area contributed by atoms with Gasteiger partial charge in [-0.3, -0.25) is 4.98 Å². The molecule has 1 atom stereocenters. The summed E-state index contributed by atoms with van der Waals surface area (Å²) in [5, 5.41) is 9.46. The molecule has 5 heteroatoms. The van der Waals surface area contributed by atoms with E-state index in [0.29, 0.717) is 10.7 Å². The molecule has 3 nitrogen and oxygen atoms in total. The number of aliphatic hydroxyl groups excluding tert-OH is 1. The summed E-state index contributed by atoms with van der Waals surface area (Å²) in [7, 11) is 0. The maximum atomic E-state index is 9.01. The van der Waals surface area contributed by atoms with Crippen LogP contribution in [0.25, 0.3) is 0 Å². The van der Waals surface area contributed by atoms with Gasteiger partial charge in [-0.2, -0.15) is 0 Å². The Morgan fingerprint density at radius 2 is 2.38 bits per heavy atom. The summed E-state index contributed by atoms with van der Waals surface area (Å²) in [6, 6.07) is 1.70. The first-order valence-corrected chi connectivity index (χ1v) is 4.86. The number of halogens is 2. The second kappa shape index (κ2) is 3.92. The summed E-state index contributed by atoms with van der Waals surface area (Å²) in [6.45, 7) is 1.48. The highest BCUT2D eigenvalue weighted by Crippen LogP contribution is 2.25. The van der Waals surface area contributed by atoms with Gasteiger partial charge in [-0.25, -0.2) is 0 Å². The molecule has 0 aliphatic carbocycles. The summed E-state index contributed by atoms with van der Waals surface area (Å²) in [5.41, 5.74) is 5.38. The van der Waals surface area contributed by atoms with Crippen LogP contribution in [-0.4, -0.2) is 16.7 Å². The minimum atomic E-state index is -0.891. The van der Waals surface area contributed by atoms with Crippen molar-refractivity contribution in [2.45, 2.75) is 12.5 Å². The van der Waals surface area contributed by atoms with Crippen LogP contribution in [0.2, 0.25) is 5.02 Å². The highest BCUT2D eigenvalue weighted by Gasteiger charge is 2.24. The van der Waals surface area contributed by atoms with Crippen molar-refractivity contribution in [3.8, 4) is 0 Å². The van der Waals surface area contributed by atoms with E-state index in [9.17, 15) is 0 Å². The Kier molecular flexibility index (Phi) is 3.29. The van der Waals surface area contributed by atoms with E-state index in [2.05, 4.69) is 20.9 Å². The van der Waals surface area contributed by atoms with Gasteiger partial charge in [0.2, 0.25) is 0 Å². The Balaban J connectivity index is 3.16. The van der Waals surface area contributed by atoms with E-state index >= 15 is 0 Å². The maximum absolute atomic E-state index is 9.01. The molecule has 1 aromatic heterocycles. The smallest absolute Gasteiger partial charge is 0.0809 e. The minimum Gasteiger partial charge on any atom is -0.394 e. The van der Waals surface area contributed by atoms with Crippen LogP contribution >= 0.6 is 27.5 Å². The number of hydrogen-bond acceptors (Lipinski definition) is 3. The first-order chi connectivity index (χ1) is 5.97. The molecule has 1 rings (SSSR count). The van der Waals surface area contributed by atoms with Crippen molar-refractivity contribution < 1.29 is 5.11 Å². The van der Waals surface area contributed by atoms with Crippen molar-refractivity contribution >= 4 is 27.5 Å². The molecule has 1 aromatic rings. The van der Waals surface area contributed by atoms with Crippen LogP contribution < -0.4 is 5.73 Å². The maximum Gasteiger partial charge on any atom is 0.0809 e. The highest BCUT2D eigenvalue weighted by atomic mass is 79.9. The van der Waals surface area contributed by atoms with Crippen molar-refractivity contribution in [3.63, 3.8) is 0 Å². The Bertz CT molecular complexity index is 317. The van der Waals surface area contributed by atoms with Crippen molar-refractivity contribution in [1.29, 1.82) is 0 Å². The minimum absolute atomic E-state index is 0.193. The molecule has 0 amide bonds. The molecule has 0 unspecified atom stereocenters. The first-order valence-electron chi connectivity index (χ1n) is 3.68. The van der Waals surface area contributed by atoms with Gasteiger partial charge in [0.15, 0.2) is 0 Å². The number of rotatable bonds is 2. The Hall–Kier alpha value is -0.160. The molecular weight excluding hydrogens is 255 g/mol. The van der Waals surface area contributed by atoms with Crippen molar-refractivity contribution in [3.05, 3.63) is 27.5 Å². The number of nitrogens with two attached hydrogens (primary N) is 1. The zero-order chi connectivity index (χ0) is 10.1. The van der Waals surface area contributed by atoms with E-state index in [1.807, 2.05) is 0 Å². The topological polar surface area (TPSA) is 59.1 Å². The molecule has 0 fully saturated rings. The normalized spacial score (nSPS) is 15.5. The van der Waals surface area contributed by atoms with Gasteiger partial charge >= 0.3 is 0 Å². The fourth-order valence-corrected chi connectivity index (χ4v) is 1.76. The lowest BCUT2D eigenvalue weighted by Crippen LogP contribution is -2.38. The van der Waals surface area contributed by atoms with Gasteiger partial charge < -0.3 is 10.8 Å². The van der Waals surface area contributed by atoms with Crippen LogP contribution in [0.5, 0.6) is 0 Å². The van der Waals surface area contributed by atoms with Crippen LogP contribution in [0.15, 0.2) is 16.7 Å². The van der Waals surface area contributed by atoms with E-state index in [1.165, 1.54) is 0 Å². The molecule has 0 spiro atoms. The fraction of sp³-hybridized carbons (Fsp3) is 0.375. The van der Waals surface area contributed by atoms with Gasteiger partial charge in [-0.1, -0.05) is 11.6 Å². The summed E-state index contributed by atoms with van der Waals surface area (Å²) in [6.07, 6.45) is 1.60. The van der Waals surface area contributed by atoms with E-state index < -0.39 is 5.54 Å². The molecule has 3 N–H and O–H groups in total. The molecular formula is C8H10BrClN2O. The summed E-state index contributed by atoms with van der Waals surface area (Å²) < 4.78 is 0.787. The van der Waals surface area contributed by atoms with Crippen LogP contribution in [0.3, 0.4) is 0 Å². The molecule has 0 aromatic carbocycles. The van der Waals surface area contributed by atoms with Gasteiger partial charge in [0.05, 0.1) is 22.9 Å². The molecule has 0 radical (unpaired) electrons. The third-order valence-electron chi connectivity index (χ3n) is 1.68. The molecule has 0 aliphatic rings. The SMILES string of the molecule is C[C@](N)(CO)c1ncc(Br)cc1Cl. The Morgan fingerprint density at radius 3 is 2.85 bits per heavy atom. The third-order valence-corrected chi connectivity index (χ3v) is 2.40. The third kappa shape index (κ3) is 2.40. The highest BCUT2D eigenvalue weighted by molar-refractivity contribution is 9.10. The van der Waals surface area contributed by atoms with E-state index in [-0.39, 0.29) is 6.61 Å². The van der Waals surface area contributed by atoms with Crippen LogP contribution in [0, 0.1) is 0 Å².